The number of nitrogens with zero attached hydrogens (tertiary/aromatic N) is 2. The third-order valence-corrected chi connectivity index (χ3v) is 3.66. The highest BCUT2D eigenvalue weighted by Crippen LogP contribution is 2.34. The molecule has 0 aliphatic heterocycles. The molecule has 0 fully saturated rings. The number of rotatable bonds is 6. The van der Waals surface area contributed by atoms with Gasteiger partial charge in [0.25, 0.3) is 0 Å². The Kier molecular flexibility index (Phi) is 5.82. The van der Waals surface area contributed by atoms with Crippen LogP contribution in [-0.2, 0) is 6.42 Å². The summed E-state index contributed by atoms with van der Waals surface area (Å²) in [6.07, 6.45) is 3.32. The number of halogens is 2. The Bertz CT molecular complexity index is 622. The molecule has 0 saturated heterocycles. The van der Waals surface area contributed by atoms with Crippen LogP contribution in [-0.4, -0.2) is 16.5 Å². The molecule has 112 valence electrons. The number of anilines is 1. The van der Waals surface area contributed by atoms with Gasteiger partial charge in [-0.15, -0.1) is 0 Å². The molecule has 0 atom stereocenters. The summed E-state index contributed by atoms with van der Waals surface area (Å²) in [4.78, 5) is 8.54. The number of benzene rings is 1. The van der Waals surface area contributed by atoms with Crippen LogP contribution in [0.5, 0.6) is 11.6 Å². The standard InChI is InChI=1S/C15H17BrClN3O/c1-3-5-11-14(18-4-2)19-9-20-15(11)21-13-8-10(16)6-7-12(13)17/h6-9H,3-5H2,1-2H3,(H,18,19,20). The van der Waals surface area contributed by atoms with Crippen LogP contribution in [0.25, 0.3) is 0 Å². The fourth-order valence-corrected chi connectivity index (χ4v) is 2.44. The lowest BCUT2D eigenvalue weighted by molar-refractivity contribution is 0.454. The lowest BCUT2D eigenvalue weighted by Crippen LogP contribution is -2.06. The second-order valence-corrected chi connectivity index (χ2v) is 5.79. The van der Waals surface area contributed by atoms with Crippen molar-refractivity contribution in [3.63, 3.8) is 0 Å². The summed E-state index contributed by atoms with van der Waals surface area (Å²) in [5, 5.41) is 3.79. The zero-order valence-corrected chi connectivity index (χ0v) is 14.3. The van der Waals surface area contributed by atoms with Gasteiger partial charge >= 0.3 is 0 Å². The maximum absolute atomic E-state index is 6.17. The molecule has 2 rings (SSSR count). The van der Waals surface area contributed by atoms with E-state index >= 15 is 0 Å². The Morgan fingerprint density at radius 2 is 2.10 bits per heavy atom. The first-order valence-corrected chi connectivity index (χ1v) is 8.03. The Hall–Kier alpha value is -1.33. The average molecular weight is 371 g/mol. The molecule has 21 heavy (non-hydrogen) atoms. The minimum atomic E-state index is 0.544. The predicted octanol–water partition coefficient (Wildman–Crippen LogP) is 5.07. The van der Waals surface area contributed by atoms with E-state index < -0.39 is 0 Å². The molecule has 1 N–H and O–H groups in total. The number of nitrogens with one attached hydrogen (secondary N) is 1. The van der Waals surface area contributed by atoms with Crippen LogP contribution in [0, 0.1) is 0 Å². The molecule has 0 radical (unpaired) electrons. The third kappa shape index (κ3) is 4.08. The Labute approximate surface area is 138 Å². The van der Waals surface area contributed by atoms with Gasteiger partial charge in [0, 0.05) is 11.0 Å². The van der Waals surface area contributed by atoms with Crippen molar-refractivity contribution in [2.45, 2.75) is 26.7 Å². The van der Waals surface area contributed by atoms with Crippen LogP contribution in [0.4, 0.5) is 5.82 Å². The highest BCUT2D eigenvalue weighted by Gasteiger charge is 2.14. The molecular formula is C15H17BrClN3O. The monoisotopic (exact) mass is 369 g/mol. The number of hydrogen-bond donors (Lipinski definition) is 1. The normalized spacial score (nSPS) is 10.5. The Balaban J connectivity index is 2.38. The first-order chi connectivity index (χ1) is 10.2. The van der Waals surface area contributed by atoms with Gasteiger partial charge < -0.3 is 10.1 Å². The van der Waals surface area contributed by atoms with Crippen LogP contribution < -0.4 is 10.1 Å². The van der Waals surface area contributed by atoms with E-state index in [2.05, 4.69) is 38.1 Å². The van der Waals surface area contributed by atoms with Crippen molar-refractivity contribution in [2.75, 3.05) is 11.9 Å². The van der Waals surface area contributed by atoms with Gasteiger partial charge in [-0.25, -0.2) is 9.97 Å². The van der Waals surface area contributed by atoms with E-state index in [1.165, 1.54) is 6.33 Å². The summed E-state index contributed by atoms with van der Waals surface area (Å²) in [7, 11) is 0. The van der Waals surface area contributed by atoms with Crippen molar-refractivity contribution >= 4 is 33.3 Å². The van der Waals surface area contributed by atoms with Gasteiger partial charge in [-0.3, -0.25) is 0 Å². The molecule has 0 unspecified atom stereocenters. The lowest BCUT2D eigenvalue weighted by atomic mass is 10.1. The van der Waals surface area contributed by atoms with Crippen molar-refractivity contribution < 1.29 is 4.74 Å². The molecule has 1 aromatic carbocycles. The predicted molar refractivity (Wildman–Crippen MR) is 89.4 cm³/mol. The van der Waals surface area contributed by atoms with E-state index in [9.17, 15) is 0 Å². The van der Waals surface area contributed by atoms with Crippen LogP contribution in [0.2, 0.25) is 5.02 Å². The van der Waals surface area contributed by atoms with Gasteiger partial charge in [0.15, 0.2) is 0 Å². The van der Waals surface area contributed by atoms with Gasteiger partial charge in [0.05, 0.1) is 10.6 Å². The van der Waals surface area contributed by atoms with Gasteiger partial charge in [-0.05, 0) is 31.5 Å². The highest BCUT2D eigenvalue weighted by molar-refractivity contribution is 9.10. The van der Waals surface area contributed by atoms with Crippen molar-refractivity contribution in [3.05, 3.63) is 39.6 Å². The minimum absolute atomic E-state index is 0.544. The molecule has 0 bridgehead atoms. The van der Waals surface area contributed by atoms with Crippen molar-refractivity contribution in [2.24, 2.45) is 0 Å². The van der Waals surface area contributed by atoms with E-state index in [1.54, 1.807) is 6.07 Å². The van der Waals surface area contributed by atoms with Crippen LogP contribution in [0.15, 0.2) is 29.0 Å². The van der Waals surface area contributed by atoms with Crippen molar-refractivity contribution in [1.82, 2.24) is 9.97 Å². The smallest absolute Gasteiger partial charge is 0.227 e. The van der Waals surface area contributed by atoms with Crippen molar-refractivity contribution in [1.29, 1.82) is 0 Å². The molecule has 0 aliphatic carbocycles. The van der Waals surface area contributed by atoms with Gasteiger partial charge in [-0.2, -0.15) is 0 Å². The Morgan fingerprint density at radius 3 is 2.81 bits per heavy atom. The third-order valence-electron chi connectivity index (χ3n) is 2.85. The molecule has 1 heterocycles. The molecular weight excluding hydrogens is 354 g/mol. The second kappa shape index (κ2) is 7.61. The number of hydrogen-bond acceptors (Lipinski definition) is 4. The quantitative estimate of drug-likeness (QED) is 0.771. The molecule has 0 aliphatic rings. The van der Waals surface area contributed by atoms with E-state index in [0.717, 1.165) is 35.2 Å². The Morgan fingerprint density at radius 1 is 1.29 bits per heavy atom. The largest absolute Gasteiger partial charge is 0.437 e. The molecule has 0 spiro atoms. The first kappa shape index (κ1) is 16.0. The summed E-state index contributed by atoms with van der Waals surface area (Å²) in [6.45, 7) is 4.94. The summed E-state index contributed by atoms with van der Waals surface area (Å²) < 4.78 is 6.81. The zero-order chi connectivity index (χ0) is 15.2. The molecule has 1 aromatic heterocycles. The second-order valence-electron chi connectivity index (χ2n) is 4.46. The first-order valence-electron chi connectivity index (χ1n) is 6.86. The van der Waals surface area contributed by atoms with E-state index in [1.807, 2.05) is 19.1 Å². The topological polar surface area (TPSA) is 47.0 Å². The molecule has 0 amide bonds. The van der Waals surface area contributed by atoms with Crippen LogP contribution in [0.3, 0.4) is 0 Å². The van der Waals surface area contributed by atoms with Crippen molar-refractivity contribution in [3.8, 4) is 11.6 Å². The minimum Gasteiger partial charge on any atom is -0.437 e. The SMILES string of the molecule is CCCc1c(NCC)ncnc1Oc1cc(Br)ccc1Cl. The van der Waals surface area contributed by atoms with Gasteiger partial charge in [0.1, 0.15) is 17.9 Å². The van der Waals surface area contributed by atoms with Crippen LogP contribution >= 0.6 is 27.5 Å². The van der Waals surface area contributed by atoms with Gasteiger partial charge in [0.2, 0.25) is 5.88 Å². The fourth-order valence-electron chi connectivity index (χ4n) is 1.94. The summed E-state index contributed by atoms with van der Waals surface area (Å²) >= 11 is 9.59. The molecule has 0 saturated carbocycles. The fraction of sp³-hybridized carbons (Fsp3) is 0.333. The van der Waals surface area contributed by atoms with Crippen LogP contribution in [0.1, 0.15) is 25.8 Å². The molecule has 2 aromatic rings. The van der Waals surface area contributed by atoms with E-state index in [0.29, 0.717) is 16.7 Å². The number of aromatic nitrogens is 2. The maximum Gasteiger partial charge on any atom is 0.227 e. The van der Waals surface area contributed by atoms with Gasteiger partial charge in [-0.1, -0.05) is 40.9 Å². The molecule has 6 heteroatoms. The summed E-state index contributed by atoms with van der Waals surface area (Å²) in [5.74, 6) is 1.93. The highest BCUT2D eigenvalue weighted by atomic mass is 79.9. The van der Waals surface area contributed by atoms with E-state index in [4.69, 9.17) is 16.3 Å². The maximum atomic E-state index is 6.17. The number of ether oxygens (including phenoxy) is 1. The summed E-state index contributed by atoms with van der Waals surface area (Å²) in [5.41, 5.74) is 0.970. The summed E-state index contributed by atoms with van der Waals surface area (Å²) in [6, 6.07) is 5.48. The average Bonchev–Trinajstić information content (AvgIpc) is 2.46. The zero-order valence-electron chi connectivity index (χ0n) is 12.0. The molecule has 4 nitrogen and oxygen atoms in total. The van der Waals surface area contributed by atoms with E-state index in [-0.39, 0.29) is 0 Å². The lowest BCUT2D eigenvalue weighted by Gasteiger charge is -2.14.